The van der Waals surface area contributed by atoms with E-state index in [-0.39, 0.29) is 11.8 Å². The van der Waals surface area contributed by atoms with Crippen molar-refractivity contribution in [3.05, 3.63) is 24.2 Å². The van der Waals surface area contributed by atoms with Crippen molar-refractivity contribution in [1.82, 2.24) is 5.32 Å². The molecular formula is C16H25NO2. The molecule has 0 unspecified atom stereocenters. The van der Waals surface area contributed by atoms with Gasteiger partial charge in [-0.15, -0.1) is 0 Å². The van der Waals surface area contributed by atoms with Crippen LogP contribution in [-0.4, -0.2) is 5.91 Å². The maximum atomic E-state index is 12.1. The van der Waals surface area contributed by atoms with Crippen molar-refractivity contribution in [3.8, 4) is 0 Å². The summed E-state index contributed by atoms with van der Waals surface area (Å²) in [5, 5.41) is 2.98. The highest BCUT2D eigenvalue weighted by molar-refractivity contribution is 5.78. The van der Waals surface area contributed by atoms with Gasteiger partial charge in [-0.3, -0.25) is 4.79 Å². The van der Waals surface area contributed by atoms with Crippen molar-refractivity contribution < 1.29 is 9.21 Å². The second-order valence-electron chi connectivity index (χ2n) is 5.66. The molecule has 1 amide bonds. The summed E-state index contributed by atoms with van der Waals surface area (Å²) in [6, 6.07) is 3.74. The third-order valence-electron chi connectivity index (χ3n) is 4.20. The molecule has 1 fully saturated rings. The minimum absolute atomic E-state index is 0.199. The van der Waals surface area contributed by atoms with Crippen LogP contribution in [0, 0.1) is 11.8 Å². The average Bonchev–Trinajstić information content (AvgIpc) is 2.96. The Labute approximate surface area is 115 Å². The van der Waals surface area contributed by atoms with Gasteiger partial charge in [0.05, 0.1) is 12.8 Å². The minimum atomic E-state index is 0.199. The van der Waals surface area contributed by atoms with E-state index in [4.69, 9.17) is 4.42 Å². The van der Waals surface area contributed by atoms with E-state index in [1.165, 1.54) is 32.1 Å². The summed E-state index contributed by atoms with van der Waals surface area (Å²) in [5.74, 6) is 2.09. The van der Waals surface area contributed by atoms with Crippen molar-refractivity contribution in [3.63, 3.8) is 0 Å². The Bertz CT molecular complexity index is 364. The first-order valence-corrected chi connectivity index (χ1v) is 7.59. The Morgan fingerprint density at radius 2 is 2.16 bits per heavy atom. The van der Waals surface area contributed by atoms with Crippen LogP contribution in [0.25, 0.3) is 0 Å². The number of carbonyl (C=O) groups excluding carboxylic acids is 1. The normalized spacial score (nSPS) is 23.2. The Morgan fingerprint density at radius 1 is 1.37 bits per heavy atom. The summed E-state index contributed by atoms with van der Waals surface area (Å²) < 4.78 is 5.22. The molecule has 1 aliphatic rings. The molecule has 3 heteroatoms. The first kappa shape index (κ1) is 14.2. The van der Waals surface area contributed by atoms with Gasteiger partial charge in [-0.25, -0.2) is 0 Å². The quantitative estimate of drug-likeness (QED) is 0.846. The van der Waals surface area contributed by atoms with Crippen LogP contribution in [0.3, 0.4) is 0 Å². The zero-order chi connectivity index (χ0) is 13.5. The number of unbranched alkanes of at least 4 members (excludes halogenated alkanes) is 1. The number of carbonyl (C=O) groups is 1. The van der Waals surface area contributed by atoms with Gasteiger partial charge in [-0.1, -0.05) is 26.2 Å². The summed E-state index contributed by atoms with van der Waals surface area (Å²) >= 11 is 0. The van der Waals surface area contributed by atoms with Gasteiger partial charge in [0.15, 0.2) is 0 Å². The summed E-state index contributed by atoms with van der Waals surface area (Å²) in [4.78, 5) is 12.1. The largest absolute Gasteiger partial charge is 0.467 e. The van der Waals surface area contributed by atoms with E-state index in [9.17, 15) is 4.79 Å². The predicted octanol–water partition coefficient (Wildman–Crippen LogP) is 3.89. The topological polar surface area (TPSA) is 42.2 Å². The number of hydrogen-bond acceptors (Lipinski definition) is 2. The summed E-state index contributed by atoms with van der Waals surface area (Å²) in [6.07, 6.45) is 10.1. The molecule has 106 valence electrons. The van der Waals surface area contributed by atoms with Gasteiger partial charge < -0.3 is 9.73 Å². The van der Waals surface area contributed by atoms with E-state index in [1.807, 2.05) is 12.1 Å². The molecule has 1 heterocycles. The molecule has 1 aromatic heterocycles. The van der Waals surface area contributed by atoms with Crippen molar-refractivity contribution in [2.45, 2.75) is 58.4 Å². The summed E-state index contributed by atoms with van der Waals surface area (Å²) in [7, 11) is 0. The lowest BCUT2D eigenvalue weighted by Gasteiger charge is -2.27. The molecule has 19 heavy (non-hydrogen) atoms. The van der Waals surface area contributed by atoms with Crippen LogP contribution in [0.2, 0.25) is 0 Å². The SMILES string of the molecule is CCCCC1CCC(C(=O)NCc2ccco2)CC1. The Kier molecular flexibility index (Phi) is 5.49. The van der Waals surface area contributed by atoms with Gasteiger partial charge in [0.2, 0.25) is 5.91 Å². The van der Waals surface area contributed by atoms with Gasteiger partial charge in [0.25, 0.3) is 0 Å². The van der Waals surface area contributed by atoms with Crippen molar-refractivity contribution in [2.24, 2.45) is 11.8 Å². The fourth-order valence-electron chi connectivity index (χ4n) is 2.94. The van der Waals surface area contributed by atoms with Gasteiger partial charge in [-0.2, -0.15) is 0 Å². The second kappa shape index (κ2) is 7.37. The summed E-state index contributed by atoms with van der Waals surface area (Å²) in [6.45, 7) is 2.76. The smallest absolute Gasteiger partial charge is 0.223 e. The lowest BCUT2D eigenvalue weighted by Crippen LogP contribution is -2.32. The molecule has 0 radical (unpaired) electrons. The third kappa shape index (κ3) is 4.41. The molecule has 3 nitrogen and oxygen atoms in total. The third-order valence-corrected chi connectivity index (χ3v) is 4.20. The maximum absolute atomic E-state index is 12.1. The highest BCUT2D eigenvalue weighted by atomic mass is 16.3. The van der Waals surface area contributed by atoms with E-state index in [2.05, 4.69) is 12.2 Å². The predicted molar refractivity (Wildman–Crippen MR) is 75.5 cm³/mol. The molecule has 2 rings (SSSR count). The van der Waals surface area contributed by atoms with E-state index >= 15 is 0 Å². The first-order chi connectivity index (χ1) is 9.29. The molecule has 0 aromatic carbocycles. The number of furan rings is 1. The maximum Gasteiger partial charge on any atom is 0.223 e. The molecule has 1 N–H and O–H groups in total. The van der Waals surface area contributed by atoms with Gasteiger partial charge in [-0.05, 0) is 43.7 Å². The molecule has 0 saturated heterocycles. The van der Waals surface area contributed by atoms with E-state index in [1.54, 1.807) is 6.26 Å². The first-order valence-electron chi connectivity index (χ1n) is 7.59. The molecule has 0 atom stereocenters. The van der Waals surface area contributed by atoms with Crippen LogP contribution in [0.1, 0.15) is 57.6 Å². The molecular weight excluding hydrogens is 238 g/mol. The Balaban J connectivity index is 1.67. The molecule has 0 aliphatic heterocycles. The average molecular weight is 263 g/mol. The van der Waals surface area contributed by atoms with Gasteiger partial charge >= 0.3 is 0 Å². The zero-order valence-corrected chi connectivity index (χ0v) is 11.9. The lowest BCUT2D eigenvalue weighted by molar-refractivity contribution is -0.126. The zero-order valence-electron chi connectivity index (χ0n) is 11.9. The number of hydrogen-bond donors (Lipinski definition) is 1. The lowest BCUT2D eigenvalue weighted by atomic mass is 9.79. The second-order valence-corrected chi connectivity index (χ2v) is 5.66. The number of nitrogens with one attached hydrogen (secondary N) is 1. The number of rotatable bonds is 6. The fraction of sp³-hybridized carbons (Fsp3) is 0.688. The number of amides is 1. The molecule has 1 aromatic rings. The van der Waals surface area contributed by atoms with Crippen LogP contribution < -0.4 is 5.32 Å². The summed E-state index contributed by atoms with van der Waals surface area (Å²) in [5.41, 5.74) is 0. The standard InChI is InChI=1S/C16H25NO2/c1-2-3-5-13-7-9-14(10-8-13)16(18)17-12-15-6-4-11-19-15/h4,6,11,13-14H,2-3,5,7-10,12H2,1H3,(H,17,18). The van der Waals surface area contributed by atoms with E-state index in [0.29, 0.717) is 6.54 Å². The van der Waals surface area contributed by atoms with Crippen LogP contribution in [0.5, 0.6) is 0 Å². The van der Waals surface area contributed by atoms with Crippen molar-refractivity contribution >= 4 is 5.91 Å². The highest BCUT2D eigenvalue weighted by Crippen LogP contribution is 2.31. The minimum Gasteiger partial charge on any atom is -0.467 e. The monoisotopic (exact) mass is 263 g/mol. The molecule has 0 spiro atoms. The van der Waals surface area contributed by atoms with Crippen LogP contribution in [0.4, 0.5) is 0 Å². The fourth-order valence-corrected chi connectivity index (χ4v) is 2.94. The Hall–Kier alpha value is -1.25. The van der Waals surface area contributed by atoms with Crippen LogP contribution in [0.15, 0.2) is 22.8 Å². The van der Waals surface area contributed by atoms with Crippen molar-refractivity contribution in [1.29, 1.82) is 0 Å². The highest BCUT2D eigenvalue weighted by Gasteiger charge is 2.25. The van der Waals surface area contributed by atoms with Crippen LogP contribution >= 0.6 is 0 Å². The van der Waals surface area contributed by atoms with Crippen LogP contribution in [-0.2, 0) is 11.3 Å². The molecule has 1 saturated carbocycles. The molecule has 0 bridgehead atoms. The van der Waals surface area contributed by atoms with Crippen molar-refractivity contribution in [2.75, 3.05) is 0 Å². The van der Waals surface area contributed by atoms with E-state index < -0.39 is 0 Å². The Morgan fingerprint density at radius 3 is 2.79 bits per heavy atom. The van der Waals surface area contributed by atoms with E-state index in [0.717, 1.165) is 24.5 Å². The molecule has 1 aliphatic carbocycles. The van der Waals surface area contributed by atoms with Gasteiger partial charge in [0.1, 0.15) is 5.76 Å². The van der Waals surface area contributed by atoms with Gasteiger partial charge in [0, 0.05) is 5.92 Å².